The Kier molecular flexibility index (Phi) is 8.01. The molecule has 2 aliphatic heterocycles. The van der Waals surface area contributed by atoms with Crippen molar-refractivity contribution >= 4 is 29.3 Å². The number of piperidine rings is 1. The molecule has 2 aromatic carbocycles. The second-order valence-corrected chi connectivity index (χ2v) is 11.0. The van der Waals surface area contributed by atoms with Gasteiger partial charge in [0.2, 0.25) is 0 Å². The molecule has 206 valence electrons. The Morgan fingerprint density at radius 3 is 2.50 bits per heavy atom. The Hall–Kier alpha value is -3.14. The number of carbonyl (C=O) groups is 2. The number of alkyl halides is 3. The molecule has 4 rings (SSSR count). The largest absolute Gasteiger partial charge is 0.573 e. The van der Waals surface area contributed by atoms with Gasteiger partial charge in [-0.3, -0.25) is 4.79 Å². The summed E-state index contributed by atoms with van der Waals surface area (Å²) in [7, 11) is 0. The molecule has 0 bridgehead atoms. The normalized spacial score (nSPS) is 17.9. The molecule has 0 saturated carbocycles. The van der Waals surface area contributed by atoms with Gasteiger partial charge in [0.15, 0.2) is 0 Å². The molecule has 0 spiro atoms. The van der Waals surface area contributed by atoms with Gasteiger partial charge in [0.05, 0.1) is 16.6 Å². The van der Waals surface area contributed by atoms with Crippen molar-refractivity contribution in [3.8, 4) is 5.75 Å². The van der Waals surface area contributed by atoms with Crippen molar-refractivity contribution in [3.05, 3.63) is 58.1 Å². The number of halogens is 4. The second-order valence-electron chi connectivity index (χ2n) is 10.5. The number of hydrogen-bond donors (Lipinski definition) is 1. The first-order chi connectivity index (χ1) is 17.8. The lowest BCUT2D eigenvalue weighted by molar-refractivity contribution is -0.274. The van der Waals surface area contributed by atoms with Crippen LogP contribution in [0.3, 0.4) is 0 Å². The molecule has 2 amide bonds. The van der Waals surface area contributed by atoms with E-state index < -0.39 is 12.0 Å². The highest BCUT2D eigenvalue weighted by Gasteiger charge is 2.33. The van der Waals surface area contributed by atoms with Crippen molar-refractivity contribution in [3.63, 3.8) is 0 Å². The third-order valence-electron chi connectivity index (χ3n) is 6.36. The van der Waals surface area contributed by atoms with Crippen LogP contribution in [0.5, 0.6) is 5.75 Å². The van der Waals surface area contributed by atoms with Crippen molar-refractivity contribution in [2.75, 3.05) is 18.4 Å². The number of nitrogens with one attached hydrogen (secondary N) is 1. The molecule has 2 aliphatic rings. The molecular weight excluding hydrogens is 523 g/mol. The highest BCUT2D eigenvalue weighted by Crippen LogP contribution is 2.34. The molecule has 2 aromatic rings. The van der Waals surface area contributed by atoms with Crippen LogP contribution in [0.2, 0.25) is 5.02 Å². The van der Waals surface area contributed by atoms with E-state index in [1.54, 1.807) is 15.9 Å². The van der Waals surface area contributed by atoms with Gasteiger partial charge in [-0.1, -0.05) is 23.7 Å². The Morgan fingerprint density at radius 2 is 1.84 bits per heavy atom. The van der Waals surface area contributed by atoms with E-state index in [1.165, 1.54) is 24.3 Å². The monoisotopic (exact) mass is 553 g/mol. The molecule has 1 unspecified atom stereocenters. The molecule has 11 heteroatoms. The lowest BCUT2D eigenvalue weighted by Gasteiger charge is -2.37. The average molecular weight is 554 g/mol. The lowest BCUT2D eigenvalue weighted by atomic mass is 10.0. The van der Waals surface area contributed by atoms with E-state index >= 15 is 0 Å². The summed E-state index contributed by atoms with van der Waals surface area (Å²) in [6.45, 7) is 7.21. The summed E-state index contributed by atoms with van der Waals surface area (Å²) in [6, 6.07) is 8.97. The van der Waals surface area contributed by atoms with E-state index in [1.807, 2.05) is 26.8 Å². The van der Waals surface area contributed by atoms with Gasteiger partial charge >= 0.3 is 12.5 Å². The minimum atomic E-state index is -4.76. The van der Waals surface area contributed by atoms with Gasteiger partial charge in [0.1, 0.15) is 11.4 Å². The van der Waals surface area contributed by atoms with Crippen LogP contribution in [0, 0.1) is 0 Å². The molecule has 2 heterocycles. The van der Waals surface area contributed by atoms with Crippen LogP contribution in [0.15, 0.2) is 36.4 Å². The van der Waals surface area contributed by atoms with Gasteiger partial charge < -0.3 is 24.6 Å². The summed E-state index contributed by atoms with van der Waals surface area (Å²) in [5.41, 5.74) is 2.01. The van der Waals surface area contributed by atoms with E-state index in [2.05, 4.69) is 10.1 Å². The molecule has 0 aliphatic carbocycles. The minimum absolute atomic E-state index is 0.0342. The summed E-state index contributed by atoms with van der Waals surface area (Å²) in [6.07, 6.45) is -2.29. The van der Waals surface area contributed by atoms with E-state index in [0.29, 0.717) is 35.8 Å². The van der Waals surface area contributed by atoms with Gasteiger partial charge in [-0.05, 0) is 75.4 Å². The van der Waals surface area contributed by atoms with Crippen molar-refractivity contribution < 1.29 is 32.2 Å². The summed E-state index contributed by atoms with van der Waals surface area (Å²) in [5, 5.41) is 3.69. The molecule has 1 saturated heterocycles. The summed E-state index contributed by atoms with van der Waals surface area (Å²) >= 11 is 6.50. The highest BCUT2D eigenvalue weighted by molar-refractivity contribution is 6.34. The SMILES string of the molecule is CC(C)(C)OC(=O)N1CCCCC1CNc1cc(Cl)c2c(c1)CN(Cc1ccc(OC(F)(F)F)cc1)C2=O. The van der Waals surface area contributed by atoms with Crippen molar-refractivity contribution in [1.29, 1.82) is 0 Å². The molecule has 1 N–H and O–H groups in total. The maximum absolute atomic E-state index is 13.0. The standard InChI is InChI=1S/C27H31ClF3N3O4/c1-26(2,3)38-25(36)34-11-5-4-6-20(34)14-32-19-12-18-16-33(24(35)23(18)22(28)13-19)15-17-7-9-21(10-8-17)37-27(29,30)31/h7-10,12-13,20,32H,4-6,11,14-16H2,1-3H3. The molecule has 1 atom stereocenters. The molecule has 1 fully saturated rings. The molecule has 0 radical (unpaired) electrons. The van der Waals surface area contributed by atoms with Gasteiger partial charge in [-0.2, -0.15) is 0 Å². The fraction of sp³-hybridized carbons (Fsp3) is 0.481. The van der Waals surface area contributed by atoms with Gasteiger partial charge in [-0.25, -0.2) is 4.79 Å². The Bertz CT molecular complexity index is 1180. The number of anilines is 1. The van der Waals surface area contributed by atoms with E-state index in [4.69, 9.17) is 16.3 Å². The van der Waals surface area contributed by atoms with Crippen LogP contribution in [0.4, 0.5) is 23.7 Å². The number of benzene rings is 2. The van der Waals surface area contributed by atoms with Crippen LogP contribution in [0.25, 0.3) is 0 Å². The third-order valence-corrected chi connectivity index (χ3v) is 6.66. The first-order valence-electron chi connectivity index (χ1n) is 12.5. The molecule has 7 nitrogen and oxygen atoms in total. The van der Waals surface area contributed by atoms with Gasteiger partial charge in [0.25, 0.3) is 5.91 Å². The number of carbonyl (C=O) groups excluding carboxylic acids is 2. The quantitative estimate of drug-likeness (QED) is 0.436. The number of fused-ring (bicyclic) bond motifs is 1. The Labute approximate surface area is 224 Å². The number of rotatable bonds is 6. The maximum Gasteiger partial charge on any atom is 0.573 e. The molecule has 38 heavy (non-hydrogen) atoms. The highest BCUT2D eigenvalue weighted by atomic mass is 35.5. The van der Waals surface area contributed by atoms with Crippen molar-refractivity contribution in [2.45, 2.75) is 71.1 Å². The third kappa shape index (κ3) is 7.03. The van der Waals surface area contributed by atoms with E-state index in [0.717, 1.165) is 30.5 Å². The second kappa shape index (κ2) is 10.9. The molecule has 0 aromatic heterocycles. The first-order valence-corrected chi connectivity index (χ1v) is 12.9. The van der Waals surface area contributed by atoms with Crippen LogP contribution < -0.4 is 10.1 Å². The predicted molar refractivity (Wildman–Crippen MR) is 137 cm³/mol. The smallest absolute Gasteiger partial charge is 0.444 e. The van der Waals surface area contributed by atoms with Crippen LogP contribution in [0.1, 0.15) is 61.5 Å². The van der Waals surface area contributed by atoms with Crippen molar-refractivity contribution in [1.82, 2.24) is 9.80 Å². The summed E-state index contributed by atoms with van der Waals surface area (Å²) in [4.78, 5) is 29.1. The Morgan fingerprint density at radius 1 is 1.13 bits per heavy atom. The first kappa shape index (κ1) is 27.9. The van der Waals surface area contributed by atoms with E-state index in [9.17, 15) is 22.8 Å². The number of likely N-dealkylation sites (tertiary alicyclic amines) is 1. The number of amides is 2. The zero-order valence-electron chi connectivity index (χ0n) is 21.5. The number of ether oxygens (including phenoxy) is 2. The zero-order valence-corrected chi connectivity index (χ0v) is 22.3. The Balaban J connectivity index is 1.40. The summed E-state index contributed by atoms with van der Waals surface area (Å²) in [5.74, 6) is -0.560. The van der Waals surface area contributed by atoms with Crippen LogP contribution in [-0.2, 0) is 17.8 Å². The van der Waals surface area contributed by atoms with Gasteiger partial charge in [-0.15, -0.1) is 13.2 Å². The average Bonchev–Trinajstić information content (AvgIpc) is 3.12. The fourth-order valence-corrected chi connectivity index (χ4v) is 5.04. The van der Waals surface area contributed by atoms with Crippen molar-refractivity contribution in [2.24, 2.45) is 0 Å². The van der Waals surface area contributed by atoms with E-state index in [-0.39, 0.29) is 30.3 Å². The topological polar surface area (TPSA) is 71.1 Å². The maximum atomic E-state index is 13.0. The molecular formula is C27H31ClF3N3O4. The lowest BCUT2D eigenvalue weighted by Crippen LogP contribution is -2.48. The zero-order chi connectivity index (χ0) is 27.7. The van der Waals surface area contributed by atoms with Crippen LogP contribution >= 0.6 is 11.6 Å². The number of hydrogen-bond acceptors (Lipinski definition) is 5. The predicted octanol–water partition coefficient (Wildman–Crippen LogP) is 6.60. The van der Waals surface area contributed by atoms with Crippen LogP contribution in [-0.4, -0.2) is 52.9 Å². The fourth-order valence-electron chi connectivity index (χ4n) is 4.72. The van der Waals surface area contributed by atoms with Gasteiger partial charge in [0, 0.05) is 31.9 Å². The minimum Gasteiger partial charge on any atom is -0.444 e. The summed E-state index contributed by atoms with van der Waals surface area (Å²) < 4.78 is 46.7. The number of nitrogens with zero attached hydrogens (tertiary/aromatic N) is 2.